The molecule has 28 heavy (non-hydrogen) atoms. The lowest BCUT2D eigenvalue weighted by Gasteiger charge is -2.15. The lowest BCUT2D eigenvalue weighted by molar-refractivity contribution is -0.197. The smallest absolute Gasteiger partial charge is 0.333 e. The van der Waals surface area contributed by atoms with Gasteiger partial charge in [0.2, 0.25) is 17.7 Å². The van der Waals surface area contributed by atoms with Crippen molar-refractivity contribution in [2.24, 2.45) is 5.73 Å². The summed E-state index contributed by atoms with van der Waals surface area (Å²) in [4.78, 5) is 83.7. The minimum Gasteiger partial charge on any atom is -0.481 e. The molecule has 0 radical (unpaired) electrons. The molecule has 0 bridgehead atoms. The molecule has 5 N–H and O–H groups in total. The summed E-state index contributed by atoms with van der Waals surface area (Å²) in [6, 6.07) is -1.20. The molecular formula is C15H20N4O9. The number of nitrogens with two attached hydrogens (primary N) is 1. The summed E-state index contributed by atoms with van der Waals surface area (Å²) in [7, 11) is 0. The van der Waals surface area contributed by atoms with Crippen LogP contribution in [0.4, 0.5) is 0 Å². The standard InChI is InChI=1S/C15H20N4O9/c16-15(27)8(1-5-13(24)25)18-10(21)7-17-9(20)2-6-14(26)28-19-11(22)3-4-12(19)23/h8H,1-7H2,(H2,16,27)(H,17,20)(H,18,21)(H,24,25)/t8-/m0/s1. The third-order valence-corrected chi connectivity index (χ3v) is 3.53. The van der Waals surface area contributed by atoms with Crippen LogP contribution >= 0.6 is 0 Å². The maximum absolute atomic E-state index is 11.7. The highest BCUT2D eigenvalue weighted by atomic mass is 16.7. The molecule has 0 unspecified atom stereocenters. The van der Waals surface area contributed by atoms with Crippen molar-refractivity contribution >= 4 is 41.5 Å². The number of carboxylic acids is 1. The zero-order valence-corrected chi connectivity index (χ0v) is 14.8. The number of hydroxylamine groups is 2. The Morgan fingerprint density at radius 3 is 2.18 bits per heavy atom. The molecule has 154 valence electrons. The van der Waals surface area contributed by atoms with Gasteiger partial charge in [-0.3, -0.25) is 28.8 Å². The lowest BCUT2D eigenvalue weighted by Crippen LogP contribution is -2.48. The summed E-state index contributed by atoms with van der Waals surface area (Å²) < 4.78 is 0. The van der Waals surface area contributed by atoms with E-state index in [2.05, 4.69) is 15.5 Å². The molecule has 0 saturated carbocycles. The second-order valence-corrected chi connectivity index (χ2v) is 5.78. The number of hydrogen-bond donors (Lipinski definition) is 4. The molecule has 1 aliphatic rings. The lowest BCUT2D eigenvalue weighted by atomic mass is 10.1. The van der Waals surface area contributed by atoms with Crippen LogP contribution in [0.1, 0.15) is 38.5 Å². The summed E-state index contributed by atoms with van der Waals surface area (Å²) in [5, 5.41) is 13.3. The number of carboxylic acid groups (broad SMARTS) is 1. The zero-order valence-electron chi connectivity index (χ0n) is 14.8. The van der Waals surface area contributed by atoms with Crippen molar-refractivity contribution in [3.63, 3.8) is 0 Å². The van der Waals surface area contributed by atoms with Crippen LogP contribution in [0.3, 0.4) is 0 Å². The summed E-state index contributed by atoms with van der Waals surface area (Å²) in [5.41, 5.74) is 5.06. The van der Waals surface area contributed by atoms with Crippen LogP contribution in [0.25, 0.3) is 0 Å². The largest absolute Gasteiger partial charge is 0.481 e. The van der Waals surface area contributed by atoms with Crippen LogP contribution in [0.5, 0.6) is 0 Å². The molecule has 0 aliphatic carbocycles. The molecule has 1 aliphatic heterocycles. The van der Waals surface area contributed by atoms with E-state index < -0.39 is 60.5 Å². The van der Waals surface area contributed by atoms with E-state index in [-0.39, 0.29) is 32.1 Å². The molecule has 0 aromatic rings. The second-order valence-electron chi connectivity index (χ2n) is 5.78. The van der Waals surface area contributed by atoms with Crippen LogP contribution in [0.15, 0.2) is 0 Å². The number of carbonyl (C=O) groups is 7. The van der Waals surface area contributed by atoms with Crippen LogP contribution in [0.2, 0.25) is 0 Å². The van der Waals surface area contributed by atoms with Gasteiger partial charge in [0.25, 0.3) is 11.8 Å². The number of hydrogen-bond acceptors (Lipinski definition) is 8. The van der Waals surface area contributed by atoms with E-state index >= 15 is 0 Å². The van der Waals surface area contributed by atoms with Crippen molar-refractivity contribution in [2.75, 3.05) is 6.54 Å². The van der Waals surface area contributed by atoms with Gasteiger partial charge in [0.1, 0.15) is 6.04 Å². The number of nitrogens with zero attached hydrogens (tertiary/aromatic N) is 1. The van der Waals surface area contributed by atoms with Gasteiger partial charge in [0.05, 0.1) is 13.0 Å². The first kappa shape index (κ1) is 22.5. The molecule has 1 rings (SSSR count). The van der Waals surface area contributed by atoms with Crippen molar-refractivity contribution in [3.8, 4) is 0 Å². The maximum atomic E-state index is 11.7. The summed E-state index contributed by atoms with van der Waals surface area (Å²) in [6.45, 7) is -0.534. The van der Waals surface area contributed by atoms with Crippen molar-refractivity contribution in [1.82, 2.24) is 15.7 Å². The molecule has 0 aromatic carbocycles. The van der Waals surface area contributed by atoms with E-state index in [9.17, 15) is 33.6 Å². The number of aliphatic carboxylic acids is 1. The Balaban J connectivity index is 2.31. The predicted octanol–water partition coefficient (Wildman–Crippen LogP) is -2.68. The highest BCUT2D eigenvalue weighted by Gasteiger charge is 2.32. The Labute approximate surface area is 158 Å². The van der Waals surface area contributed by atoms with Gasteiger partial charge in [-0.2, -0.15) is 0 Å². The van der Waals surface area contributed by atoms with Gasteiger partial charge < -0.3 is 26.3 Å². The number of primary amides is 1. The van der Waals surface area contributed by atoms with E-state index in [0.29, 0.717) is 5.06 Å². The number of imide groups is 1. The minimum absolute atomic E-state index is 0.0551. The molecule has 1 saturated heterocycles. The fourth-order valence-corrected chi connectivity index (χ4v) is 2.09. The van der Waals surface area contributed by atoms with Crippen LogP contribution < -0.4 is 16.4 Å². The molecule has 1 heterocycles. The zero-order chi connectivity index (χ0) is 21.3. The molecule has 13 heteroatoms. The number of carbonyl (C=O) groups excluding carboxylic acids is 6. The number of rotatable bonds is 11. The third kappa shape index (κ3) is 7.80. The quantitative estimate of drug-likeness (QED) is 0.267. The topological polar surface area (TPSA) is 202 Å². The van der Waals surface area contributed by atoms with Gasteiger partial charge >= 0.3 is 11.9 Å². The van der Waals surface area contributed by atoms with Gasteiger partial charge in [-0.1, -0.05) is 0 Å². The number of nitrogens with one attached hydrogen (secondary N) is 2. The van der Waals surface area contributed by atoms with Crippen LogP contribution in [-0.2, 0) is 38.4 Å². The molecule has 0 aromatic heterocycles. The van der Waals surface area contributed by atoms with Gasteiger partial charge in [0, 0.05) is 25.7 Å². The summed E-state index contributed by atoms with van der Waals surface area (Å²) in [6.07, 6.45) is -1.51. The Morgan fingerprint density at radius 2 is 1.64 bits per heavy atom. The van der Waals surface area contributed by atoms with Gasteiger partial charge in [0.15, 0.2) is 0 Å². The highest BCUT2D eigenvalue weighted by molar-refractivity contribution is 6.01. The van der Waals surface area contributed by atoms with Crippen LogP contribution in [-0.4, -0.2) is 64.2 Å². The first-order chi connectivity index (χ1) is 13.1. The Bertz CT molecular complexity index is 675. The normalized spacial score (nSPS) is 14.4. The molecule has 13 nitrogen and oxygen atoms in total. The molecule has 1 fully saturated rings. The monoisotopic (exact) mass is 400 g/mol. The van der Waals surface area contributed by atoms with Gasteiger partial charge in [-0.15, -0.1) is 5.06 Å². The fraction of sp³-hybridized carbons (Fsp3) is 0.533. The maximum Gasteiger partial charge on any atom is 0.333 e. The highest BCUT2D eigenvalue weighted by Crippen LogP contribution is 2.12. The average Bonchev–Trinajstić information content (AvgIpc) is 2.93. The second kappa shape index (κ2) is 10.6. The Morgan fingerprint density at radius 1 is 1.04 bits per heavy atom. The van der Waals surface area contributed by atoms with Crippen molar-refractivity contribution < 1.29 is 43.5 Å². The van der Waals surface area contributed by atoms with E-state index in [4.69, 9.17) is 10.8 Å². The Hall–Kier alpha value is -3.51. The minimum atomic E-state index is -1.20. The van der Waals surface area contributed by atoms with E-state index in [1.807, 2.05) is 0 Å². The average molecular weight is 400 g/mol. The molecule has 0 spiro atoms. The SMILES string of the molecule is NC(=O)[C@H](CCC(=O)O)NC(=O)CNC(=O)CCC(=O)ON1C(=O)CCC1=O. The van der Waals surface area contributed by atoms with E-state index in [1.165, 1.54) is 0 Å². The summed E-state index contributed by atoms with van der Waals surface area (Å²) >= 11 is 0. The summed E-state index contributed by atoms with van der Waals surface area (Å²) in [5.74, 6) is -5.83. The van der Waals surface area contributed by atoms with Gasteiger partial charge in [-0.05, 0) is 6.42 Å². The first-order valence-corrected chi connectivity index (χ1v) is 8.24. The third-order valence-electron chi connectivity index (χ3n) is 3.53. The van der Waals surface area contributed by atoms with Gasteiger partial charge in [-0.25, -0.2) is 4.79 Å². The Kier molecular flexibility index (Phi) is 8.52. The number of amides is 5. The molecule has 1 atom stereocenters. The molecular weight excluding hydrogens is 380 g/mol. The van der Waals surface area contributed by atoms with E-state index in [0.717, 1.165) is 0 Å². The van der Waals surface area contributed by atoms with Crippen molar-refractivity contribution in [3.05, 3.63) is 0 Å². The van der Waals surface area contributed by atoms with Crippen molar-refractivity contribution in [2.45, 2.75) is 44.6 Å². The van der Waals surface area contributed by atoms with Crippen molar-refractivity contribution in [1.29, 1.82) is 0 Å². The van der Waals surface area contributed by atoms with Crippen LogP contribution in [0, 0.1) is 0 Å². The predicted molar refractivity (Wildman–Crippen MR) is 87.4 cm³/mol. The fourth-order valence-electron chi connectivity index (χ4n) is 2.09. The first-order valence-electron chi connectivity index (χ1n) is 8.24. The van der Waals surface area contributed by atoms with E-state index in [1.54, 1.807) is 0 Å². The molecule has 5 amide bonds.